The highest BCUT2D eigenvalue weighted by Crippen LogP contribution is 2.38. The van der Waals surface area contributed by atoms with E-state index in [-0.39, 0.29) is 12.6 Å². The van der Waals surface area contributed by atoms with Crippen LogP contribution in [0.15, 0.2) is 47.3 Å². The normalized spacial score (nSPS) is 12.1. The second-order valence-corrected chi connectivity index (χ2v) is 7.00. The summed E-state index contributed by atoms with van der Waals surface area (Å²) in [6, 6.07) is 7.70. The van der Waals surface area contributed by atoms with Crippen molar-refractivity contribution in [1.82, 2.24) is 9.55 Å². The minimum absolute atomic E-state index is 0.170. The van der Waals surface area contributed by atoms with Crippen molar-refractivity contribution < 1.29 is 31.3 Å². The van der Waals surface area contributed by atoms with E-state index in [0.717, 1.165) is 0 Å². The number of halogens is 6. The summed E-state index contributed by atoms with van der Waals surface area (Å²) in [4.78, 5) is 26.5. The first-order chi connectivity index (χ1) is 15.2. The lowest BCUT2D eigenvalue weighted by atomic mass is 10.1. The minimum Gasteiger partial charge on any atom is -0.392 e. The summed E-state index contributed by atoms with van der Waals surface area (Å²) in [6.45, 7) is 1.27. The van der Waals surface area contributed by atoms with Crippen molar-refractivity contribution in [2.45, 2.75) is 25.8 Å². The molecule has 3 rings (SSSR count). The fraction of sp³-hybridized carbons (Fsp3) is 0.200. The van der Waals surface area contributed by atoms with Gasteiger partial charge in [0.15, 0.2) is 11.5 Å². The van der Waals surface area contributed by atoms with Crippen LogP contribution in [0.3, 0.4) is 0 Å². The maximum absolute atomic E-state index is 13.5. The molecule has 2 N–H and O–H groups in total. The Morgan fingerprint density at radius 3 is 2.24 bits per heavy atom. The smallest absolute Gasteiger partial charge is 0.392 e. The SMILES string of the molecule is Cc1ccccc1Cn1c(-c2ccc(C(F)(F)F)cc2[N+](=O)[O-])nc(C(F)(F)F)c(N)c1=O. The number of rotatable bonds is 4. The van der Waals surface area contributed by atoms with Crippen LogP contribution in [0.1, 0.15) is 22.4 Å². The summed E-state index contributed by atoms with van der Waals surface area (Å²) in [5.74, 6) is -0.842. The monoisotopic (exact) mass is 472 g/mol. The van der Waals surface area contributed by atoms with Crippen LogP contribution in [0.4, 0.5) is 37.7 Å². The molecule has 0 unspecified atom stereocenters. The zero-order chi connectivity index (χ0) is 24.7. The molecular formula is C20H14F6N4O3. The molecule has 0 saturated heterocycles. The first-order valence-electron chi connectivity index (χ1n) is 9.10. The number of hydrogen-bond donors (Lipinski definition) is 1. The van der Waals surface area contributed by atoms with Crippen LogP contribution in [0.5, 0.6) is 0 Å². The predicted octanol–water partition coefficient (Wildman–Crippen LogP) is 4.80. The van der Waals surface area contributed by atoms with Gasteiger partial charge in [-0.25, -0.2) is 4.98 Å². The first-order valence-corrected chi connectivity index (χ1v) is 9.10. The van der Waals surface area contributed by atoms with E-state index < -0.39 is 56.9 Å². The summed E-state index contributed by atoms with van der Waals surface area (Å²) < 4.78 is 80.2. The maximum Gasteiger partial charge on any atom is 0.435 e. The quantitative estimate of drug-likeness (QED) is 0.334. The van der Waals surface area contributed by atoms with E-state index in [1.165, 1.54) is 0 Å². The topological polar surface area (TPSA) is 104 Å². The van der Waals surface area contributed by atoms with Crippen LogP contribution in [0.2, 0.25) is 0 Å². The number of alkyl halides is 6. The standard InChI is InChI=1S/C20H14F6N4O3/c1-10-4-2-3-5-11(10)9-29-17(28-16(20(24,25)26)15(27)18(29)31)13-7-6-12(19(21,22)23)8-14(13)30(32)33/h2-8H,9,27H2,1H3. The summed E-state index contributed by atoms with van der Waals surface area (Å²) in [5.41, 5.74) is -1.17. The number of nitrogens with zero attached hydrogens (tertiary/aromatic N) is 3. The second-order valence-electron chi connectivity index (χ2n) is 7.00. The van der Waals surface area contributed by atoms with E-state index in [9.17, 15) is 41.3 Å². The third kappa shape index (κ3) is 4.66. The van der Waals surface area contributed by atoms with Gasteiger partial charge in [0.2, 0.25) is 0 Å². The van der Waals surface area contributed by atoms with E-state index in [0.29, 0.717) is 27.8 Å². The molecule has 33 heavy (non-hydrogen) atoms. The van der Waals surface area contributed by atoms with Crippen LogP contribution in [-0.2, 0) is 18.9 Å². The predicted molar refractivity (Wildman–Crippen MR) is 105 cm³/mol. The van der Waals surface area contributed by atoms with Gasteiger partial charge in [-0.2, -0.15) is 26.3 Å². The van der Waals surface area contributed by atoms with E-state index in [2.05, 4.69) is 4.98 Å². The van der Waals surface area contributed by atoms with Crippen LogP contribution in [-0.4, -0.2) is 14.5 Å². The minimum atomic E-state index is -5.19. The van der Waals surface area contributed by atoms with Gasteiger partial charge >= 0.3 is 12.4 Å². The Hall–Kier alpha value is -3.90. The highest BCUT2D eigenvalue weighted by atomic mass is 19.4. The Morgan fingerprint density at radius 1 is 1.06 bits per heavy atom. The first kappa shape index (κ1) is 23.8. The molecule has 0 saturated carbocycles. The average molecular weight is 472 g/mol. The molecule has 3 aromatic rings. The molecule has 0 fully saturated rings. The Balaban J connectivity index is 2.39. The van der Waals surface area contributed by atoms with Crippen molar-refractivity contribution in [2.75, 3.05) is 5.73 Å². The number of aromatic nitrogens is 2. The number of nitro groups is 1. The zero-order valence-corrected chi connectivity index (χ0v) is 16.7. The Labute approximate surface area is 181 Å². The molecule has 7 nitrogen and oxygen atoms in total. The molecule has 13 heteroatoms. The Bertz CT molecular complexity index is 1300. The molecule has 0 bridgehead atoms. The summed E-state index contributed by atoms with van der Waals surface area (Å²) in [6.07, 6.45) is -10.1. The van der Waals surface area contributed by atoms with Gasteiger partial charge in [0.25, 0.3) is 11.2 Å². The van der Waals surface area contributed by atoms with E-state index >= 15 is 0 Å². The lowest BCUT2D eigenvalue weighted by Crippen LogP contribution is -2.31. The van der Waals surface area contributed by atoms with E-state index in [1.807, 2.05) is 0 Å². The fourth-order valence-corrected chi connectivity index (χ4v) is 3.14. The fourth-order valence-electron chi connectivity index (χ4n) is 3.14. The Kier molecular flexibility index (Phi) is 5.92. The van der Waals surface area contributed by atoms with Crippen LogP contribution < -0.4 is 11.3 Å². The highest BCUT2D eigenvalue weighted by Gasteiger charge is 2.39. The van der Waals surface area contributed by atoms with Crippen molar-refractivity contribution in [3.05, 3.63) is 85.3 Å². The van der Waals surface area contributed by atoms with Gasteiger partial charge in [-0.05, 0) is 30.2 Å². The number of aryl methyl sites for hydroxylation is 1. The van der Waals surface area contributed by atoms with Gasteiger partial charge in [0.1, 0.15) is 5.69 Å². The molecule has 0 radical (unpaired) electrons. The molecule has 0 atom stereocenters. The molecular weight excluding hydrogens is 458 g/mol. The molecule has 0 spiro atoms. The van der Waals surface area contributed by atoms with Gasteiger partial charge in [-0.15, -0.1) is 0 Å². The number of hydrogen-bond acceptors (Lipinski definition) is 5. The number of nitrogens with two attached hydrogens (primary N) is 1. The van der Waals surface area contributed by atoms with Crippen molar-refractivity contribution in [2.24, 2.45) is 0 Å². The molecule has 0 aliphatic heterocycles. The molecule has 2 aromatic carbocycles. The molecule has 0 amide bonds. The van der Waals surface area contributed by atoms with E-state index in [1.54, 1.807) is 31.2 Å². The molecule has 0 aliphatic rings. The van der Waals surface area contributed by atoms with Gasteiger partial charge in [0, 0.05) is 6.07 Å². The lowest BCUT2D eigenvalue weighted by molar-refractivity contribution is -0.384. The van der Waals surface area contributed by atoms with Crippen molar-refractivity contribution in [1.29, 1.82) is 0 Å². The summed E-state index contributed by atoms with van der Waals surface area (Å²) in [7, 11) is 0. The van der Waals surface area contributed by atoms with Crippen molar-refractivity contribution >= 4 is 11.4 Å². The van der Waals surface area contributed by atoms with Crippen LogP contribution in [0, 0.1) is 17.0 Å². The van der Waals surface area contributed by atoms with Gasteiger partial charge in [-0.3, -0.25) is 19.5 Å². The van der Waals surface area contributed by atoms with E-state index in [4.69, 9.17) is 5.73 Å². The highest BCUT2D eigenvalue weighted by molar-refractivity contribution is 5.70. The number of nitro benzene ring substituents is 1. The van der Waals surface area contributed by atoms with Crippen LogP contribution >= 0.6 is 0 Å². The molecule has 174 valence electrons. The Morgan fingerprint density at radius 2 is 1.70 bits per heavy atom. The van der Waals surface area contributed by atoms with Crippen LogP contribution in [0.25, 0.3) is 11.4 Å². The van der Waals surface area contributed by atoms with Gasteiger partial charge in [-0.1, -0.05) is 24.3 Å². The summed E-state index contributed by atoms with van der Waals surface area (Å²) in [5, 5.41) is 11.5. The van der Waals surface area contributed by atoms with Gasteiger partial charge in [0.05, 0.1) is 22.6 Å². The van der Waals surface area contributed by atoms with Gasteiger partial charge < -0.3 is 5.73 Å². The number of nitrogen functional groups attached to an aromatic ring is 1. The third-order valence-corrected chi connectivity index (χ3v) is 4.82. The van der Waals surface area contributed by atoms with Crippen molar-refractivity contribution in [3.63, 3.8) is 0 Å². The van der Waals surface area contributed by atoms with Crippen molar-refractivity contribution in [3.8, 4) is 11.4 Å². The summed E-state index contributed by atoms with van der Waals surface area (Å²) >= 11 is 0. The maximum atomic E-state index is 13.5. The third-order valence-electron chi connectivity index (χ3n) is 4.82. The molecule has 0 aliphatic carbocycles. The molecule has 1 heterocycles. The largest absolute Gasteiger partial charge is 0.435 e. The number of benzene rings is 2. The number of anilines is 1. The molecule has 1 aromatic heterocycles. The average Bonchev–Trinajstić information content (AvgIpc) is 2.71. The lowest BCUT2D eigenvalue weighted by Gasteiger charge is -2.18. The zero-order valence-electron chi connectivity index (χ0n) is 16.7. The second kappa shape index (κ2) is 8.22.